The van der Waals surface area contributed by atoms with E-state index in [1.807, 2.05) is 41.9 Å². The zero-order valence-corrected chi connectivity index (χ0v) is 18.6. The van der Waals surface area contributed by atoms with Crippen LogP contribution in [0, 0.1) is 0 Å². The van der Waals surface area contributed by atoms with Gasteiger partial charge in [0, 0.05) is 62.1 Å². The van der Waals surface area contributed by atoms with E-state index in [1.54, 1.807) is 11.3 Å². The Labute approximate surface area is 190 Å². The van der Waals surface area contributed by atoms with E-state index in [0.717, 1.165) is 59.3 Å². The Balaban J connectivity index is 1.31. The molecule has 0 aliphatic carbocycles. The first-order chi connectivity index (χ1) is 15.8. The summed E-state index contributed by atoms with van der Waals surface area (Å²) in [7, 11) is 1.94. The van der Waals surface area contributed by atoms with Crippen molar-refractivity contribution in [3.8, 4) is 22.4 Å². The van der Waals surface area contributed by atoms with E-state index in [-0.39, 0.29) is 0 Å². The smallest absolute Gasteiger partial charge is 0.185 e. The summed E-state index contributed by atoms with van der Waals surface area (Å²) >= 11 is 1.71. The molecule has 1 aliphatic rings. The van der Waals surface area contributed by atoms with Crippen LogP contribution >= 0.6 is 11.3 Å². The molecule has 0 unspecified atom stereocenters. The molecular formula is C24H23N7S. The molecule has 5 heterocycles. The number of piperazine rings is 1. The summed E-state index contributed by atoms with van der Waals surface area (Å²) < 4.78 is 4.10. The molecule has 8 heteroatoms. The summed E-state index contributed by atoms with van der Waals surface area (Å²) in [5, 5.41) is 7.43. The Morgan fingerprint density at radius 2 is 1.59 bits per heavy atom. The molecule has 6 rings (SSSR count). The summed E-state index contributed by atoms with van der Waals surface area (Å²) in [5.41, 5.74) is 5.51. The Kier molecular flexibility index (Phi) is 4.65. The van der Waals surface area contributed by atoms with Crippen LogP contribution in [0.25, 0.3) is 28.0 Å². The van der Waals surface area contributed by atoms with Gasteiger partial charge in [-0.1, -0.05) is 30.3 Å². The number of aryl methyl sites for hydroxylation is 1. The predicted octanol–water partition coefficient (Wildman–Crippen LogP) is 4.18. The van der Waals surface area contributed by atoms with E-state index >= 15 is 0 Å². The van der Waals surface area contributed by atoms with Crippen LogP contribution in [0.3, 0.4) is 0 Å². The quantitative estimate of drug-likeness (QED) is 0.419. The fraction of sp³-hybridized carbons (Fsp3) is 0.208. The molecule has 0 atom stereocenters. The van der Waals surface area contributed by atoms with Crippen LogP contribution < -0.4 is 9.80 Å². The van der Waals surface area contributed by atoms with Crippen LogP contribution in [-0.2, 0) is 7.05 Å². The molecule has 0 radical (unpaired) electrons. The van der Waals surface area contributed by atoms with Crippen molar-refractivity contribution in [1.29, 1.82) is 0 Å². The molecule has 1 aliphatic heterocycles. The lowest BCUT2D eigenvalue weighted by Gasteiger charge is -2.36. The first kappa shape index (κ1) is 19.1. The average molecular weight is 442 g/mol. The van der Waals surface area contributed by atoms with E-state index in [0.29, 0.717) is 0 Å². The molecule has 0 spiro atoms. The minimum Gasteiger partial charge on any atom is -0.354 e. The Morgan fingerprint density at radius 1 is 0.812 bits per heavy atom. The molecule has 1 saturated heterocycles. The van der Waals surface area contributed by atoms with Crippen LogP contribution in [-0.4, -0.2) is 50.3 Å². The first-order valence-electron chi connectivity index (χ1n) is 10.7. The molecule has 1 fully saturated rings. The summed E-state index contributed by atoms with van der Waals surface area (Å²) in [6, 6.07) is 15.0. The highest BCUT2D eigenvalue weighted by Gasteiger charge is 2.21. The van der Waals surface area contributed by atoms with Gasteiger partial charge in [0.1, 0.15) is 11.5 Å². The van der Waals surface area contributed by atoms with Crippen LogP contribution in [0.1, 0.15) is 0 Å². The molecule has 0 amide bonds. The highest BCUT2D eigenvalue weighted by atomic mass is 32.1. The number of aromatic nitrogens is 5. The fourth-order valence-electron chi connectivity index (χ4n) is 4.37. The van der Waals surface area contributed by atoms with Gasteiger partial charge in [0.05, 0.1) is 18.1 Å². The van der Waals surface area contributed by atoms with E-state index in [4.69, 9.17) is 4.98 Å². The van der Waals surface area contributed by atoms with Crippen LogP contribution in [0.15, 0.2) is 72.6 Å². The molecule has 0 saturated carbocycles. The van der Waals surface area contributed by atoms with Crippen molar-refractivity contribution in [2.75, 3.05) is 36.0 Å². The number of benzene rings is 1. The minimum atomic E-state index is 0.955. The molecular weight excluding hydrogens is 418 g/mol. The normalized spacial score (nSPS) is 14.4. The SMILES string of the molecule is Cn1cc(-c2ccc(-c3cnc4cccc(N5CCN(c6nccs6)CC5)n34)cc2)cn1. The Morgan fingerprint density at radius 3 is 2.31 bits per heavy atom. The Bertz CT molecular complexity index is 1340. The third kappa shape index (κ3) is 3.33. The summed E-state index contributed by atoms with van der Waals surface area (Å²) in [6.07, 6.45) is 7.79. The molecule has 5 aromatic rings. The van der Waals surface area contributed by atoms with Crippen molar-refractivity contribution in [2.45, 2.75) is 0 Å². The van der Waals surface area contributed by atoms with Gasteiger partial charge in [-0.25, -0.2) is 9.97 Å². The maximum atomic E-state index is 4.69. The third-order valence-corrected chi connectivity index (χ3v) is 6.85. The van der Waals surface area contributed by atoms with Gasteiger partial charge in [0.25, 0.3) is 0 Å². The molecule has 0 N–H and O–H groups in total. The van der Waals surface area contributed by atoms with Crippen LogP contribution in [0.2, 0.25) is 0 Å². The van der Waals surface area contributed by atoms with Gasteiger partial charge in [-0.15, -0.1) is 11.3 Å². The van der Waals surface area contributed by atoms with Crippen molar-refractivity contribution in [2.24, 2.45) is 7.05 Å². The summed E-state index contributed by atoms with van der Waals surface area (Å²) in [6.45, 7) is 3.84. The van der Waals surface area contributed by atoms with E-state index in [1.165, 1.54) is 5.82 Å². The number of nitrogens with zero attached hydrogens (tertiary/aromatic N) is 7. The number of imidazole rings is 1. The highest BCUT2D eigenvalue weighted by Crippen LogP contribution is 2.30. The number of hydrogen-bond acceptors (Lipinski definition) is 6. The summed E-state index contributed by atoms with van der Waals surface area (Å²) in [5.74, 6) is 1.19. The molecule has 32 heavy (non-hydrogen) atoms. The predicted molar refractivity (Wildman–Crippen MR) is 129 cm³/mol. The minimum absolute atomic E-state index is 0.955. The second-order valence-electron chi connectivity index (χ2n) is 7.99. The van der Waals surface area contributed by atoms with Gasteiger partial charge in [-0.3, -0.25) is 9.08 Å². The molecule has 7 nitrogen and oxygen atoms in total. The lowest BCUT2D eigenvalue weighted by molar-refractivity contribution is 0.644. The lowest BCUT2D eigenvalue weighted by Crippen LogP contribution is -2.47. The number of thiazole rings is 1. The maximum Gasteiger partial charge on any atom is 0.185 e. The third-order valence-electron chi connectivity index (χ3n) is 6.02. The second-order valence-corrected chi connectivity index (χ2v) is 8.86. The molecule has 0 bridgehead atoms. The largest absolute Gasteiger partial charge is 0.354 e. The van der Waals surface area contributed by atoms with Crippen LogP contribution in [0.5, 0.6) is 0 Å². The van der Waals surface area contributed by atoms with E-state index in [2.05, 4.69) is 66.7 Å². The highest BCUT2D eigenvalue weighted by molar-refractivity contribution is 7.13. The topological polar surface area (TPSA) is 54.5 Å². The number of fused-ring (bicyclic) bond motifs is 1. The zero-order chi connectivity index (χ0) is 21.5. The number of pyridine rings is 1. The van der Waals surface area contributed by atoms with Gasteiger partial charge in [0.15, 0.2) is 5.13 Å². The van der Waals surface area contributed by atoms with Crippen molar-refractivity contribution < 1.29 is 0 Å². The fourth-order valence-corrected chi connectivity index (χ4v) is 5.07. The van der Waals surface area contributed by atoms with Gasteiger partial charge >= 0.3 is 0 Å². The standard InChI is InChI=1S/C24H23N7S/c1-28-17-20(15-27-28)18-5-7-19(8-6-18)21-16-26-22-3-2-4-23(31(21)22)29-10-12-30(13-11-29)24-25-9-14-32-24/h2-9,14-17H,10-13H2,1H3. The van der Waals surface area contributed by atoms with Gasteiger partial charge in [0.2, 0.25) is 0 Å². The first-order valence-corrected chi connectivity index (χ1v) is 11.6. The Hall–Kier alpha value is -3.65. The van der Waals surface area contributed by atoms with Crippen molar-refractivity contribution in [3.63, 3.8) is 0 Å². The van der Waals surface area contributed by atoms with E-state index < -0.39 is 0 Å². The zero-order valence-electron chi connectivity index (χ0n) is 17.8. The maximum absolute atomic E-state index is 4.69. The van der Waals surface area contributed by atoms with Gasteiger partial charge in [-0.2, -0.15) is 5.10 Å². The average Bonchev–Trinajstić information content (AvgIpc) is 3.60. The number of rotatable bonds is 4. The van der Waals surface area contributed by atoms with Gasteiger partial charge < -0.3 is 9.80 Å². The van der Waals surface area contributed by atoms with Crippen molar-refractivity contribution in [1.82, 2.24) is 24.1 Å². The monoisotopic (exact) mass is 441 g/mol. The van der Waals surface area contributed by atoms with Crippen LogP contribution in [0.4, 0.5) is 10.9 Å². The number of hydrogen-bond donors (Lipinski definition) is 0. The van der Waals surface area contributed by atoms with Crippen molar-refractivity contribution in [3.05, 3.63) is 72.6 Å². The second kappa shape index (κ2) is 7.80. The number of anilines is 2. The lowest BCUT2D eigenvalue weighted by atomic mass is 10.1. The van der Waals surface area contributed by atoms with Gasteiger partial charge in [-0.05, 0) is 17.7 Å². The molecule has 4 aromatic heterocycles. The van der Waals surface area contributed by atoms with Crippen molar-refractivity contribution >= 4 is 27.9 Å². The summed E-state index contributed by atoms with van der Waals surface area (Å²) in [4.78, 5) is 14.0. The molecule has 1 aromatic carbocycles. The molecule has 160 valence electrons. The van der Waals surface area contributed by atoms with E-state index in [9.17, 15) is 0 Å².